The van der Waals surface area contributed by atoms with E-state index in [0.29, 0.717) is 29.1 Å². The van der Waals surface area contributed by atoms with Crippen molar-refractivity contribution >= 4 is 31.6 Å². The maximum atomic E-state index is 12.6. The fraction of sp³-hybridized carbons (Fsp3) is 0.294. The van der Waals surface area contributed by atoms with Gasteiger partial charge in [0.2, 0.25) is 10.0 Å². The predicted octanol–water partition coefficient (Wildman–Crippen LogP) is 1.62. The lowest BCUT2D eigenvalue weighted by molar-refractivity contribution is 0.410. The molecule has 0 aromatic heterocycles. The van der Waals surface area contributed by atoms with E-state index in [-0.39, 0.29) is 10.7 Å². The molecule has 0 amide bonds. The SMILES string of the molecule is CCNC1=C2C(Cc3ccccc3OC)=C(S(N)(=O)=O)SC2S(=O)(=O)C=C1. The van der Waals surface area contributed by atoms with Crippen LogP contribution in [0.15, 0.2) is 56.8 Å². The van der Waals surface area contributed by atoms with Crippen LogP contribution in [-0.4, -0.2) is 35.1 Å². The van der Waals surface area contributed by atoms with E-state index in [9.17, 15) is 16.8 Å². The fourth-order valence-electron chi connectivity index (χ4n) is 3.11. The summed E-state index contributed by atoms with van der Waals surface area (Å²) in [4.78, 5) is 0. The third-order valence-corrected chi connectivity index (χ3v) is 9.32. The van der Waals surface area contributed by atoms with Gasteiger partial charge in [0.15, 0.2) is 9.84 Å². The van der Waals surface area contributed by atoms with Gasteiger partial charge in [-0.15, -0.1) is 0 Å². The monoisotopic (exact) mass is 428 g/mol. The van der Waals surface area contributed by atoms with E-state index in [1.54, 1.807) is 12.1 Å². The molecule has 27 heavy (non-hydrogen) atoms. The van der Waals surface area contributed by atoms with Gasteiger partial charge in [-0.1, -0.05) is 30.0 Å². The molecule has 0 saturated carbocycles. The molecule has 0 spiro atoms. The van der Waals surface area contributed by atoms with Gasteiger partial charge in [-0.25, -0.2) is 22.0 Å². The number of sulfonamides is 1. The number of methoxy groups -OCH3 is 1. The predicted molar refractivity (Wildman–Crippen MR) is 107 cm³/mol. The van der Waals surface area contributed by atoms with Crippen molar-refractivity contribution in [1.82, 2.24) is 5.32 Å². The topological polar surface area (TPSA) is 116 Å². The summed E-state index contributed by atoms with van der Waals surface area (Å²) in [6.45, 7) is 2.44. The lowest BCUT2D eigenvalue weighted by atomic mass is 9.98. The van der Waals surface area contributed by atoms with Crippen LogP contribution in [-0.2, 0) is 26.3 Å². The molecule has 1 aromatic rings. The number of likely N-dealkylation sites (N-methyl/N-ethyl adjacent to an activating group) is 1. The number of allylic oxidation sites excluding steroid dienone is 2. The Labute approximate surface area is 163 Å². The molecule has 0 saturated heterocycles. The Bertz CT molecular complexity index is 1070. The minimum absolute atomic E-state index is 0.115. The van der Waals surface area contributed by atoms with Crippen LogP contribution < -0.4 is 15.2 Å². The summed E-state index contributed by atoms with van der Waals surface area (Å²) in [6, 6.07) is 7.20. The highest BCUT2D eigenvalue weighted by Gasteiger charge is 2.44. The van der Waals surface area contributed by atoms with Crippen molar-refractivity contribution in [3.8, 4) is 5.75 Å². The van der Waals surface area contributed by atoms with E-state index in [1.165, 1.54) is 13.2 Å². The second-order valence-corrected chi connectivity index (χ2v) is 11.1. The van der Waals surface area contributed by atoms with Crippen molar-refractivity contribution in [3.63, 3.8) is 0 Å². The Morgan fingerprint density at radius 3 is 2.63 bits per heavy atom. The summed E-state index contributed by atoms with van der Waals surface area (Å²) < 4.78 is 53.7. The number of ether oxygens (including phenoxy) is 1. The third-order valence-electron chi connectivity index (χ3n) is 4.22. The Morgan fingerprint density at radius 2 is 2.00 bits per heavy atom. The van der Waals surface area contributed by atoms with Crippen LogP contribution in [0.25, 0.3) is 0 Å². The number of hydrogen-bond acceptors (Lipinski definition) is 7. The van der Waals surface area contributed by atoms with Gasteiger partial charge in [-0.05, 0) is 30.2 Å². The first-order valence-corrected chi connectivity index (χ1v) is 12.2. The Hall–Kier alpha value is -1.75. The number of para-hydroxylation sites is 1. The van der Waals surface area contributed by atoms with E-state index in [0.717, 1.165) is 22.7 Å². The zero-order valence-corrected chi connectivity index (χ0v) is 17.2. The molecular weight excluding hydrogens is 408 g/mol. The van der Waals surface area contributed by atoms with E-state index in [2.05, 4.69) is 5.32 Å². The molecule has 7 nitrogen and oxygen atoms in total. The zero-order chi connectivity index (χ0) is 19.8. The Morgan fingerprint density at radius 1 is 1.30 bits per heavy atom. The molecule has 1 aromatic carbocycles. The van der Waals surface area contributed by atoms with Gasteiger partial charge in [0.1, 0.15) is 14.6 Å². The van der Waals surface area contributed by atoms with Gasteiger partial charge in [0, 0.05) is 29.6 Å². The molecule has 1 atom stereocenters. The molecular formula is C17H20N2O5S3. The summed E-state index contributed by atoms with van der Waals surface area (Å²) in [7, 11) is -6.22. The summed E-state index contributed by atoms with van der Waals surface area (Å²) in [6.07, 6.45) is 1.66. The van der Waals surface area contributed by atoms with Crippen molar-refractivity contribution in [2.45, 2.75) is 17.9 Å². The van der Waals surface area contributed by atoms with Gasteiger partial charge in [0.05, 0.1) is 7.11 Å². The molecule has 1 unspecified atom stereocenters. The highest BCUT2D eigenvalue weighted by Crippen LogP contribution is 2.50. The molecule has 3 N–H and O–H groups in total. The molecule has 0 aliphatic carbocycles. The average molecular weight is 429 g/mol. The van der Waals surface area contributed by atoms with Gasteiger partial charge < -0.3 is 10.1 Å². The minimum Gasteiger partial charge on any atom is -0.496 e. The molecule has 2 aliphatic rings. The largest absolute Gasteiger partial charge is 0.496 e. The quantitative estimate of drug-likeness (QED) is 0.707. The maximum absolute atomic E-state index is 12.6. The zero-order valence-electron chi connectivity index (χ0n) is 14.8. The van der Waals surface area contributed by atoms with Crippen LogP contribution in [0.2, 0.25) is 0 Å². The number of rotatable bonds is 6. The molecule has 146 valence electrons. The number of primary sulfonamides is 1. The van der Waals surface area contributed by atoms with Gasteiger partial charge in [-0.2, -0.15) is 0 Å². The number of hydrogen-bond donors (Lipinski definition) is 2. The lowest BCUT2D eigenvalue weighted by Gasteiger charge is -2.21. The lowest BCUT2D eigenvalue weighted by Crippen LogP contribution is -2.26. The summed E-state index contributed by atoms with van der Waals surface area (Å²) >= 11 is 0.768. The maximum Gasteiger partial charge on any atom is 0.244 e. The smallest absolute Gasteiger partial charge is 0.244 e. The standard InChI is InChI=1S/C17H20N2O5S3/c1-3-19-13-8-9-26(20,21)17-15(13)12(16(25-17)27(18,22)23)10-11-6-4-5-7-14(11)24-2/h4-9,17,19H,3,10H2,1-2H3,(H2,18,22,23). The Kier molecular flexibility index (Phi) is 5.44. The van der Waals surface area contributed by atoms with Crippen LogP contribution >= 0.6 is 11.8 Å². The van der Waals surface area contributed by atoms with E-state index < -0.39 is 24.4 Å². The first kappa shape index (κ1) is 20.0. The summed E-state index contributed by atoms with van der Waals surface area (Å²) in [5.41, 5.74) is 2.17. The summed E-state index contributed by atoms with van der Waals surface area (Å²) in [5.74, 6) is 0.590. The van der Waals surface area contributed by atoms with Gasteiger partial charge in [0.25, 0.3) is 0 Å². The van der Waals surface area contributed by atoms with E-state index in [4.69, 9.17) is 9.88 Å². The molecule has 3 rings (SSSR count). The first-order chi connectivity index (χ1) is 12.7. The normalized spacial score (nSPS) is 21.4. The van der Waals surface area contributed by atoms with Crippen molar-refractivity contribution in [2.24, 2.45) is 5.14 Å². The van der Waals surface area contributed by atoms with Crippen LogP contribution in [0.5, 0.6) is 5.75 Å². The number of nitrogens with one attached hydrogen (secondary N) is 1. The molecule has 2 heterocycles. The van der Waals surface area contributed by atoms with E-state index >= 15 is 0 Å². The van der Waals surface area contributed by atoms with Crippen LogP contribution in [0, 0.1) is 0 Å². The van der Waals surface area contributed by atoms with Crippen molar-refractivity contribution < 1.29 is 21.6 Å². The fourth-order valence-corrected chi connectivity index (χ4v) is 7.64. The number of sulfone groups is 1. The van der Waals surface area contributed by atoms with Gasteiger partial charge >= 0.3 is 0 Å². The minimum atomic E-state index is -4.09. The Balaban J connectivity index is 2.23. The molecule has 0 fully saturated rings. The summed E-state index contributed by atoms with van der Waals surface area (Å²) in [5, 5.41) is 9.66. The van der Waals surface area contributed by atoms with Crippen molar-refractivity contribution in [3.05, 3.63) is 62.4 Å². The van der Waals surface area contributed by atoms with Crippen LogP contribution in [0.1, 0.15) is 12.5 Å². The van der Waals surface area contributed by atoms with Crippen molar-refractivity contribution in [1.29, 1.82) is 0 Å². The van der Waals surface area contributed by atoms with Crippen LogP contribution in [0.4, 0.5) is 0 Å². The van der Waals surface area contributed by atoms with Crippen LogP contribution in [0.3, 0.4) is 0 Å². The molecule has 0 bridgehead atoms. The molecule has 0 radical (unpaired) electrons. The third kappa shape index (κ3) is 3.79. The van der Waals surface area contributed by atoms with Gasteiger partial charge in [-0.3, -0.25) is 0 Å². The number of benzene rings is 1. The van der Waals surface area contributed by atoms with E-state index in [1.807, 2.05) is 19.1 Å². The average Bonchev–Trinajstić information content (AvgIpc) is 2.99. The highest BCUT2D eigenvalue weighted by molar-refractivity contribution is 8.25. The second kappa shape index (κ2) is 7.34. The molecule has 10 heteroatoms. The number of nitrogens with two attached hydrogens (primary N) is 1. The van der Waals surface area contributed by atoms with Crippen molar-refractivity contribution in [2.75, 3.05) is 13.7 Å². The number of fused-ring (bicyclic) bond motifs is 1. The first-order valence-electron chi connectivity index (χ1n) is 8.14. The second-order valence-electron chi connectivity index (χ2n) is 6.00. The molecule has 2 aliphatic heterocycles. The number of thioether (sulfide) groups is 1. The highest BCUT2D eigenvalue weighted by atomic mass is 32.3.